The fourth-order valence-corrected chi connectivity index (χ4v) is 3.13. The highest BCUT2D eigenvalue weighted by Gasteiger charge is 2.17. The summed E-state index contributed by atoms with van der Waals surface area (Å²) in [7, 11) is 0. The lowest BCUT2D eigenvalue weighted by Crippen LogP contribution is -2.28. The summed E-state index contributed by atoms with van der Waals surface area (Å²) in [6, 6.07) is 7.39. The van der Waals surface area contributed by atoms with Gasteiger partial charge in [-0.2, -0.15) is 0 Å². The second-order valence-corrected chi connectivity index (χ2v) is 5.91. The molecule has 4 heteroatoms. The van der Waals surface area contributed by atoms with Gasteiger partial charge in [-0.1, -0.05) is 50.3 Å². The fourth-order valence-electron chi connectivity index (χ4n) is 3.13. The van der Waals surface area contributed by atoms with Crippen LogP contribution in [0.1, 0.15) is 51.0 Å². The molecule has 20 heavy (non-hydrogen) atoms. The quantitative estimate of drug-likeness (QED) is 0.630. The lowest BCUT2D eigenvalue weighted by molar-refractivity contribution is -0.385. The van der Waals surface area contributed by atoms with Gasteiger partial charge >= 0.3 is 0 Å². The van der Waals surface area contributed by atoms with E-state index in [1.54, 1.807) is 12.1 Å². The number of benzene rings is 1. The first kappa shape index (κ1) is 15.0. The van der Waals surface area contributed by atoms with E-state index in [4.69, 9.17) is 0 Å². The second kappa shape index (κ2) is 7.39. The van der Waals surface area contributed by atoms with Crippen molar-refractivity contribution in [1.82, 2.24) is 5.32 Å². The molecule has 1 aliphatic rings. The molecule has 1 atom stereocenters. The first-order valence-electron chi connectivity index (χ1n) is 7.62. The third kappa shape index (κ3) is 4.30. The Morgan fingerprint density at radius 2 is 2.00 bits per heavy atom. The van der Waals surface area contributed by atoms with Gasteiger partial charge in [0.2, 0.25) is 0 Å². The van der Waals surface area contributed by atoms with E-state index >= 15 is 0 Å². The van der Waals surface area contributed by atoms with Gasteiger partial charge in [0.15, 0.2) is 0 Å². The zero-order valence-electron chi connectivity index (χ0n) is 12.2. The number of nitrogens with one attached hydrogen (secondary N) is 1. The highest BCUT2D eigenvalue weighted by Crippen LogP contribution is 2.27. The number of nitrogens with zero attached hydrogens (tertiary/aromatic N) is 1. The molecular weight excluding hydrogens is 252 g/mol. The molecule has 1 aromatic rings. The first-order valence-corrected chi connectivity index (χ1v) is 7.62. The van der Waals surface area contributed by atoms with Crippen molar-refractivity contribution in [2.24, 2.45) is 5.92 Å². The number of nitro groups is 1. The fraction of sp³-hybridized carbons (Fsp3) is 0.625. The minimum Gasteiger partial charge on any atom is -0.310 e. The van der Waals surface area contributed by atoms with Gasteiger partial charge in [0, 0.05) is 24.2 Å². The minimum atomic E-state index is -0.303. The monoisotopic (exact) mass is 276 g/mol. The van der Waals surface area contributed by atoms with E-state index in [9.17, 15) is 10.1 Å². The van der Waals surface area contributed by atoms with E-state index in [0.29, 0.717) is 12.6 Å². The van der Waals surface area contributed by atoms with Crippen molar-refractivity contribution in [2.45, 2.75) is 58.0 Å². The molecule has 0 unspecified atom stereocenters. The molecule has 1 aliphatic carbocycles. The lowest BCUT2D eigenvalue weighted by Gasteiger charge is -2.25. The Labute approximate surface area is 120 Å². The lowest BCUT2D eigenvalue weighted by atomic mass is 9.85. The smallest absolute Gasteiger partial charge is 0.273 e. The topological polar surface area (TPSA) is 55.2 Å². The summed E-state index contributed by atoms with van der Waals surface area (Å²) in [4.78, 5) is 10.7. The van der Waals surface area contributed by atoms with Crippen LogP contribution in [-0.2, 0) is 6.54 Å². The van der Waals surface area contributed by atoms with E-state index in [1.165, 1.54) is 38.5 Å². The third-order valence-electron chi connectivity index (χ3n) is 4.24. The number of para-hydroxylation sites is 1. The van der Waals surface area contributed by atoms with E-state index in [0.717, 1.165) is 11.5 Å². The first-order chi connectivity index (χ1) is 9.66. The molecule has 0 aromatic heterocycles. The van der Waals surface area contributed by atoms with E-state index in [2.05, 4.69) is 12.2 Å². The molecule has 1 saturated carbocycles. The van der Waals surface area contributed by atoms with Crippen molar-refractivity contribution >= 4 is 5.69 Å². The van der Waals surface area contributed by atoms with Gasteiger partial charge < -0.3 is 5.32 Å². The Morgan fingerprint density at radius 3 is 2.70 bits per heavy atom. The normalized spacial score (nSPS) is 17.9. The second-order valence-electron chi connectivity index (χ2n) is 5.91. The van der Waals surface area contributed by atoms with Crippen LogP contribution in [0.25, 0.3) is 0 Å². The van der Waals surface area contributed by atoms with Crippen LogP contribution in [0, 0.1) is 16.0 Å². The van der Waals surface area contributed by atoms with Gasteiger partial charge in [-0.25, -0.2) is 0 Å². The SMILES string of the molecule is C[C@@H](CC1CCCCC1)NCc1ccccc1[N+](=O)[O-]. The van der Waals surface area contributed by atoms with Crippen molar-refractivity contribution in [3.05, 3.63) is 39.9 Å². The third-order valence-corrected chi connectivity index (χ3v) is 4.24. The molecule has 0 spiro atoms. The Hall–Kier alpha value is -1.42. The van der Waals surface area contributed by atoms with Crippen LogP contribution < -0.4 is 5.32 Å². The molecule has 2 rings (SSSR count). The predicted molar refractivity (Wildman–Crippen MR) is 80.6 cm³/mol. The van der Waals surface area contributed by atoms with Crippen molar-refractivity contribution in [3.63, 3.8) is 0 Å². The molecule has 0 bridgehead atoms. The maximum absolute atomic E-state index is 11.0. The Morgan fingerprint density at radius 1 is 1.30 bits per heavy atom. The summed E-state index contributed by atoms with van der Waals surface area (Å²) < 4.78 is 0. The highest BCUT2D eigenvalue weighted by atomic mass is 16.6. The average molecular weight is 276 g/mol. The molecule has 0 saturated heterocycles. The molecule has 110 valence electrons. The molecule has 0 radical (unpaired) electrons. The maximum Gasteiger partial charge on any atom is 0.273 e. The summed E-state index contributed by atoms with van der Waals surface area (Å²) in [5.41, 5.74) is 0.984. The van der Waals surface area contributed by atoms with Crippen molar-refractivity contribution < 1.29 is 4.92 Å². The predicted octanol–water partition coefficient (Wildman–Crippen LogP) is 4.04. The molecule has 1 fully saturated rings. The van der Waals surface area contributed by atoms with Crippen LogP contribution >= 0.6 is 0 Å². The molecule has 1 N–H and O–H groups in total. The number of nitro benzene ring substituents is 1. The van der Waals surface area contributed by atoms with Gasteiger partial charge in [-0.3, -0.25) is 10.1 Å². The number of rotatable bonds is 6. The van der Waals surface area contributed by atoms with E-state index in [1.807, 2.05) is 12.1 Å². The van der Waals surface area contributed by atoms with Crippen molar-refractivity contribution in [2.75, 3.05) is 0 Å². The van der Waals surface area contributed by atoms with Crippen LogP contribution in [0.2, 0.25) is 0 Å². The molecular formula is C16H24N2O2. The Bertz CT molecular complexity index is 442. The van der Waals surface area contributed by atoms with Crippen LogP contribution in [0.15, 0.2) is 24.3 Å². The van der Waals surface area contributed by atoms with E-state index in [-0.39, 0.29) is 10.6 Å². The Kier molecular flexibility index (Phi) is 5.53. The summed E-state index contributed by atoms with van der Waals surface area (Å²) in [5, 5.41) is 14.4. The average Bonchev–Trinajstić information content (AvgIpc) is 2.46. The minimum absolute atomic E-state index is 0.213. The van der Waals surface area contributed by atoms with Crippen LogP contribution in [-0.4, -0.2) is 11.0 Å². The molecule has 0 amide bonds. The maximum atomic E-state index is 11.0. The Balaban J connectivity index is 1.83. The van der Waals surface area contributed by atoms with Gasteiger partial charge in [-0.05, 0) is 19.3 Å². The molecule has 1 aromatic carbocycles. The molecule has 4 nitrogen and oxygen atoms in total. The molecule has 0 heterocycles. The van der Waals surface area contributed by atoms with Crippen molar-refractivity contribution in [3.8, 4) is 0 Å². The number of hydrogen-bond acceptors (Lipinski definition) is 3. The number of hydrogen-bond donors (Lipinski definition) is 1. The largest absolute Gasteiger partial charge is 0.310 e. The summed E-state index contributed by atoms with van der Waals surface area (Å²) in [6.45, 7) is 2.76. The zero-order chi connectivity index (χ0) is 14.4. The van der Waals surface area contributed by atoms with Gasteiger partial charge in [0.25, 0.3) is 5.69 Å². The summed E-state index contributed by atoms with van der Waals surface area (Å²) in [6.07, 6.45) is 7.98. The standard InChI is InChI=1S/C16H24N2O2/c1-13(11-14-7-3-2-4-8-14)17-12-15-9-5-6-10-16(15)18(19)20/h5-6,9-10,13-14,17H,2-4,7-8,11-12H2,1H3/t13-/m0/s1. The van der Waals surface area contributed by atoms with Gasteiger partial charge in [-0.15, -0.1) is 0 Å². The molecule has 0 aliphatic heterocycles. The van der Waals surface area contributed by atoms with Gasteiger partial charge in [0.1, 0.15) is 0 Å². The van der Waals surface area contributed by atoms with Crippen LogP contribution in [0.3, 0.4) is 0 Å². The van der Waals surface area contributed by atoms with Crippen LogP contribution in [0.5, 0.6) is 0 Å². The van der Waals surface area contributed by atoms with Gasteiger partial charge in [0.05, 0.1) is 4.92 Å². The summed E-state index contributed by atoms with van der Waals surface area (Å²) in [5.74, 6) is 0.831. The van der Waals surface area contributed by atoms with E-state index < -0.39 is 0 Å². The van der Waals surface area contributed by atoms with Crippen molar-refractivity contribution in [1.29, 1.82) is 0 Å². The highest BCUT2D eigenvalue weighted by molar-refractivity contribution is 5.39. The van der Waals surface area contributed by atoms with Crippen LogP contribution in [0.4, 0.5) is 5.69 Å². The zero-order valence-corrected chi connectivity index (χ0v) is 12.2. The summed E-state index contributed by atoms with van der Waals surface area (Å²) >= 11 is 0.